The molecular formula is C28H38O5. The van der Waals surface area contributed by atoms with Gasteiger partial charge in [0.2, 0.25) is 0 Å². The molecule has 0 N–H and O–H groups in total. The van der Waals surface area contributed by atoms with Crippen molar-refractivity contribution in [2.75, 3.05) is 13.7 Å². The van der Waals surface area contributed by atoms with Crippen molar-refractivity contribution in [3.05, 3.63) is 36.0 Å². The van der Waals surface area contributed by atoms with Gasteiger partial charge in [0.25, 0.3) is 0 Å². The number of hydrogen-bond donors (Lipinski definition) is 0. The summed E-state index contributed by atoms with van der Waals surface area (Å²) in [6.45, 7) is 4.50. The lowest BCUT2D eigenvalue weighted by atomic mass is 9.88. The Labute approximate surface area is 198 Å². The number of allylic oxidation sites excluding steroid dienone is 5. The molecule has 3 rings (SSSR count). The highest BCUT2D eigenvalue weighted by atomic mass is 16.7. The van der Waals surface area contributed by atoms with Crippen LogP contribution in [0.25, 0.3) is 0 Å². The van der Waals surface area contributed by atoms with Crippen LogP contribution in [0.3, 0.4) is 0 Å². The zero-order chi connectivity index (χ0) is 23.6. The molecule has 2 aliphatic carbocycles. The molecule has 0 amide bonds. The lowest BCUT2D eigenvalue weighted by Crippen LogP contribution is -2.30. The van der Waals surface area contributed by atoms with Crippen molar-refractivity contribution in [3.8, 4) is 11.8 Å². The van der Waals surface area contributed by atoms with Gasteiger partial charge in [-0.1, -0.05) is 36.8 Å². The number of esters is 1. The van der Waals surface area contributed by atoms with Crippen LogP contribution in [0.4, 0.5) is 0 Å². The van der Waals surface area contributed by atoms with Crippen LogP contribution < -0.4 is 0 Å². The van der Waals surface area contributed by atoms with Crippen LogP contribution in [0.15, 0.2) is 36.0 Å². The zero-order valence-corrected chi connectivity index (χ0v) is 20.3. The highest BCUT2D eigenvalue weighted by Gasteiger charge is 2.45. The molecule has 6 atom stereocenters. The van der Waals surface area contributed by atoms with Crippen molar-refractivity contribution >= 4 is 11.8 Å². The van der Waals surface area contributed by atoms with Crippen LogP contribution in [0.2, 0.25) is 0 Å². The van der Waals surface area contributed by atoms with E-state index < -0.39 is 0 Å². The highest BCUT2D eigenvalue weighted by molar-refractivity contribution is 5.91. The Kier molecular flexibility index (Phi) is 9.96. The van der Waals surface area contributed by atoms with Gasteiger partial charge in [-0.25, -0.2) is 0 Å². The molecule has 0 aromatic heterocycles. The first-order valence-corrected chi connectivity index (χ1v) is 12.3. The molecule has 3 aliphatic rings. The number of hydrogen-bond acceptors (Lipinski definition) is 5. The van der Waals surface area contributed by atoms with Crippen LogP contribution in [0.5, 0.6) is 0 Å². The normalized spacial score (nSPS) is 30.0. The van der Waals surface area contributed by atoms with E-state index in [4.69, 9.17) is 14.2 Å². The SMILES string of the molecule is CC#CCC(C)C(=O)/C=C\[C@H]1[C@H]2CC(C=CCCC(=O)OC)=C[C@H]2C[C@H]1OC1CCCCO1. The number of rotatable bonds is 10. The summed E-state index contributed by atoms with van der Waals surface area (Å²) in [5.74, 6) is 6.77. The third-order valence-corrected chi connectivity index (χ3v) is 6.97. The Morgan fingerprint density at radius 1 is 1.33 bits per heavy atom. The summed E-state index contributed by atoms with van der Waals surface area (Å²) >= 11 is 0. The second-order valence-corrected chi connectivity index (χ2v) is 9.37. The Bertz CT molecular complexity index is 821. The lowest BCUT2D eigenvalue weighted by molar-refractivity contribution is -0.192. The van der Waals surface area contributed by atoms with E-state index in [2.05, 4.69) is 36.1 Å². The molecule has 1 saturated carbocycles. The summed E-state index contributed by atoms with van der Waals surface area (Å²) in [7, 11) is 1.42. The van der Waals surface area contributed by atoms with Crippen molar-refractivity contribution in [2.24, 2.45) is 23.7 Å². The first kappa shape index (κ1) is 25.5. The summed E-state index contributed by atoms with van der Waals surface area (Å²) in [6.07, 6.45) is 17.1. The summed E-state index contributed by atoms with van der Waals surface area (Å²) in [5.41, 5.74) is 1.30. The van der Waals surface area contributed by atoms with Gasteiger partial charge in [-0.2, -0.15) is 0 Å². The van der Waals surface area contributed by atoms with E-state index in [-0.39, 0.29) is 36.0 Å². The Hall–Kier alpha value is -2.16. The summed E-state index contributed by atoms with van der Waals surface area (Å²) in [4.78, 5) is 23.9. The van der Waals surface area contributed by atoms with Crippen LogP contribution in [-0.2, 0) is 23.8 Å². The lowest BCUT2D eigenvalue weighted by Gasteiger charge is -2.29. The van der Waals surface area contributed by atoms with Gasteiger partial charge in [0.1, 0.15) is 0 Å². The fourth-order valence-corrected chi connectivity index (χ4v) is 5.07. The number of methoxy groups -OCH3 is 1. The standard InChI is InChI=1S/C28H38O5/c1-4-5-10-20(2)25(29)15-14-23-24-18-21(11-6-7-12-27(30)31-3)17-22(24)19-26(23)33-28-13-8-9-16-32-28/h6,11,14-15,17,20,22-24,26,28H,7-10,12-13,16,18-19H2,1-3H3/b11-6?,15-14-/t20?,22-,23-,24-,26+,28?/m0/s1. The third kappa shape index (κ3) is 7.42. The molecule has 1 heterocycles. The molecule has 0 aromatic carbocycles. The Morgan fingerprint density at radius 2 is 2.18 bits per heavy atom. The first-order valence-electron chi connectivity index (χ1n) is 12.3. The van der Waals surface area contributed by atoms with Crippen LogP contribution in [-0.4, -0.2) is 37.9 Å². The zero-order valence-electron chi connectivity index (χ0n) is 20.3. The predicted molar refractivity (Wildman–Crippen MR) is 128 cm³/mol. The van der Waals surface area contributed by atoms with Crippen molar-refractivity contribution in [3.63, 3.8) is 0 Å². The van der Waals surface area contributed by atoms with Gasteiger partial charge in [-0.05, 0) is 63.4 Å². The van der Waals surface area contributed by atoms with Gasteiger partial charge in [-0.3, -0.25) is 9.59 Å². The van der Waals surface area contributed by atoms with E-state index in [1.807, 2.05) is 6.92 Å². The van der Waals surface area contributed by atoms with E-state index in [1.165, 1.54) is 12.7 Å². The van der Waals surface area contributed by atoms with E-state index in [1.54, 1.807) is 13.0 Å². The molecular weight excluding hydrogens is 416 g/mol. The van der Waals surface area contributed by atoms with Gasteiger partial charge in [-0.15, -0.1) is 11.8 Å². The third-order valence-electron chi connectivity index (χ3n) is 6.97. The van der Waals surface area contributed by atoms with E-state index in [0.717, 1.165) is 38.7 Å². The average Bonchev–Trinajstić information content (AvgIpc) is 3.36. The minimum atomic E-state index is -0.184. The minimum absolute atomic E-state index is 0.0685. The fourth-order valence-electron chi connectivity index (χ4n) is 5.07. The molecule has 1 aliphatic heterocycles. The number of carbonyl (C=O) groups excluding carboxylic acids is 2. The summed E-state index contributed by atoms with van der Waals surface area (Å²) in [6, 6.07) is 0. The molecule has 2 unspecified atom stereocenters. The molecule has 0 bridgehead atoms. The van der Waals surface area contributed by atoms with Gasteiger partial charge in [0.05, 0.1) is 13.2 Å². The maximum Gasteiger partial charge on any atom is 0.305 e. The largest absolute Gasteiger partial charge is 0.469 e. The number of carbonyl (C=O) groups is 2. The number of ether oxygens (including phenoxy) is 3. The van der Waals surface area contributed by atoms with Crippen LogP contribution >= 0.6 is 0 Å². The second kappa shape index (κ2) is 12.9. The molecule has 180 valence electrons. The predicted octanol–water partition coefficient (Wildman–Crippen LogP) is 5.16. The minimum Gasteiger partial charge on any atom is -0.469 e. The van der Waals surface area contributed by atoms with Crippen molar-refractivity contribution in [1.82, 2.24) is 0 Å². The quantitative estimate of drug-likeness (QED) is 0.259. The van der Waals surface area contributed by atoms with E-state index in [9.17, 15) is 9.59 Å². The van der Waals surface area contributed by atoms with Crippen LogP contribution in [0, 0.1) is 35.5 Å². The molecule has 5 heteroatoms. The molecule has 33 heavy (non-hydrogen) atoms. The topological polar surface area (TPSA) is 61.8 Å². The Morgan fingerprint density at radius 3 is 2.91 bits per heavy atom. The van der Waals surface area contributed by atoms with Gasteiger partial charge < -0.3 is 14.2 Å². The fraction of sp³-hybridized carbons (Fsp3) is 0.643. The smallest absolute Gasteiger partial charge is 0.305 e. The monoisotopic (exact) mass is 454 g/mol. The summed E-state index contributed by atoms with van der Waals surface area (Å²) < 4.78 is 17.0. The maximum absolute atomic E-state index is 12.6. The number of fused-ring (bicyclic) bond motifs is 1. The first-order chi connectivity index (χ1) is 16.0. The highest BCUT2D eigenvalue weighted by Crippen LogP contribution is 2.49. The van der Waals surface area contributed by atoms with E-state index in [0.29, 0.717) is 31.1 Å². The molecule has 1 saturated heterocycles. The molecule has 2 fully saturated rings. The Balaban J connectivity index is 1.65. The van der Waals surface area contributed by atoms with E-state index >= 15 is 0 Å². The van der Waals surface area contributed by atoms with Gasteiger partial charge in [0, 0.05) is 31.3 Å². The van der Waals surface area contributed by atoms with Crippen molar-refractivity contribution in [1.29, 1.82) is 0 Å². The van der Waals surface area contributed by atoms with Gasteiger partial charge in [0.15, 0.2) is 12.1 Å². The average molecular weight is 455 g/mol. The van der Waals surface area contributed by atoms with Crippen molar-refractivity contribution in [2.45, 2.75) is 77.6 Å². The maximum atomic E-state index is 12.6. The number of ketones is 1. The molecule has 0 aromatic rings. The molecule has 5 nitrogen and oxygen atoms in total. The molecule has 0 spiro atoms. The molecule has 0 radical (unpaired) electrons. The summed E-state index contributed by atoms with van der Waals surface area (Å²) in [5, 5.41) is 0. The van der Waals surface area contributed by atoms with Gasteiger partial charge >= 0.3 is 5.97 Å². The van der Waals surface area contributed by atoms with Crippen molar-refractivity contribution < 1.29 is 23.8 Å². The van der Waals surface area contributed by atoms with Crippen LogP contribution in [0.1, 0.15) is 65.2 Å². The second-order valence-electron chi connectivity index (χ2n) is 9.37.